The molecule has 1 aromatic rings. The number of methoxy groups -OCH3 is 1. The third kappa shape index (κ3) is 2.52. The minimum Gasteiger partial charge on any atom is -0.504 e. The van der Waals surface area contributed by atoms with Gasteiger partial charge in [-0.2, -0.15) is 0 Å². The third-order valence-corrected chi connectivity index (χ3v) is 1.62. The van der Waals surface area contributed by atoms with Crippen molar-refractivity contribution in [1.82, 2.24) is 0 Å². The lowest BCUT2D eigenvalue weighted by Gasteiger charge is -2.03. The van der Waals surface area contributed by atoms with Crippen LogP contribution in [0.1, 0.15) is 5.56 Å². The van der Waals surface area contributed by atoms with E-state index >= 15 is 0 Å². The molecule has 14 heavy (non-hydrogen) atoms. The molecule has 0 heterocycles. The van der Waals surface area contributed by atoms with Gasteiger partial charge in [0.15, 0.2) is 11.5 Å². The minimum atomic E-state index is -1.02. The van der Waals surface area contributed by atoms with Gasteiger partial charge in [-0.1, -0.05) is 6.07 Å². The first-order valence-corrected chi connectivity index (χ1v) is 3.91. The molecule has 0 aliphatic rings. The largest absolute Gasteiger partial charge is 0.504 e. The van der Waals surface area contributed by atoms with Crippen LogP contribution in [0, 0.1) is 0 Å². The van der Waals surface area contributed by atoms with Gasteiger partial charge in [0.1, 0.15) is 0 Å². The van der Waals surface area contributed by atoms with Crippen LogP contribution < -0.4 is 4.74 Å². The van der Waals surface area contributed by atoms with Crippen molar-refractivity contribution < 1.29 is 19.7 Å². The minimum absolute atomic E-state index is 0.0278. The Morgan fingerprint density at radius 2 is 2.21 bits per heavy atom. The monoisotopic (exact) mass is 197 g/mol. The molecule has 4 heteroatoms. The molecule has 2 N–H and O–H groups in total. The standard InChI is InChI=1S/C10H10O4/c1-14-9-6-7(2-4-8(9)11)3-5-10(12)13/h2-6,11H,1H3,(H,12,13)/b5-3+/i6+1,7+1,9+1. The maximum atomic E-state index is 10.2. The lowest BCUT2D eigenvalue weighted by Crippen LogP contribution is -1.87. The summed E-state index contributed by atoms with van der Waals surface area (Å²) in [6.45, 7) is 0. The predicted molar refractivity (Wildman–Crippen MR) is 51.3 cm³/mol. The second-order valence-corrected chi connectivity index (χ2v) is 2.60. The molecule has 0 spiro atoms. The van der Waals surface area contributed by atoms with Gasteiger partial charge in [0.2, 0.25) is 0 Å². The number of aromatic hydroxyl groups is 1. The molecule has 1 aromatic carbocycles. The van der Waals surface area contributed by atoms with Crippen LogP contribution >= 0.6 is 0 Å². The molecule has 0 bridgehead atoms. The van der Waals surface area contributed by atoms with Gasteiger partial charge in [-0.05, 0) is 23.8 Å². The topological polar surface area (TPSA) is 66.8 Å². The van der Waals surface area contributed by atoms with Crippen molar-refractivity contribution in [3.8, 4) is 11.5 Å². The average molecular weight is 197 g/mol. The number of hydrogen-bond acceptors (Lipinski definition) is 3. The summed E-state index contributed by atoms with van der Waals surface area (Å²) in [5.41, 5.74) is 0.655. The van der Waals surface area contributed by atoms with E-state index in [1.54, 1.807) is 12.1 Å². The van der Waals surface area contributed by atoms with Crippen LogP contribution in [0.3, 0.4) is 0 Å². The summed E-state index contributed by atoms with van der Waals surface area (Å²) >= 11 is 0. The quantitative estimate of drug-likeness (QED) is 0.720. The summed E-state index contributed by atoms with van der Waals surface area (Å²) < 4.78 is 4.86. The molecular formula is C10H10O4. The molecule has 0 atom stereocenters. The number of carboxylic acid groups (broad SMARTS) is 1. The van der Waals surface area contributed by atoms with Crippen molar-refractivity contribution in [2.75, 3.05) is 7.11 Å². The second-order valence-electron chi connectivity index (χ2n) is 2.60. The molecule has 1 rings (SSSR count). The second kappa shape index (κ2) is 4.32. The van der Waals surface area contributed by atoms with E-state index in [4.69, 9.17) is 9.84 Å². The van der Waals surface area contributed by atoms with Gasteiger partial charge < -0.3 is 14.9 Å². The van der Waals surface area contributed by atoms with Gasteiger partial charge in [-0.15, -0.1) is 0 Å². The van der Waals surface area contributed by atoms with E-state index in [1.165, 1.54) is 19.3 Å². The lowest BCUT2D eigenvalue weighted by molar-refractivity contribution is -0.131. The number of benzene rings is 1. The summed E-state index contributed by atoms with van der Waals surface area (Å²) in [5.74, 6) is -0.672. The van der Waals surface area contributed by atoms with Gasteiger partial charge in [-0.25, -0.2) is 4.79 Å². The lowest BCUT2D eigenvalue weighted by atomic mass is 10.5. The Morgan fingerprint density at radius 3 is 2.79 bits per heavy atom. The molecule has 0 saturated heterocycles. The Labute approximate surface area is 81.1 Å². The molecule has 0 saturated carbocycles. The number of carboxylic acids is 1. The molecule has 4 nitrogen and oxygen atoms in total. The molecular weight excluding hydrogens is 187 g/mol. The van der Waals surface area contributed by atoms with Gasteiger partial charge in [-0.3, -0.25) is 0 Å². The van der Waals surface area contributed by atoms with Crippen LogP contribution in [0.15, 0.2) is 24.3 Å². The Hall–Kier alpha value is -1.97. The normalized spacial score (nSPS) is 10.4. The Balaban J connectivity index is 2.95. The van der Waals surface area contributed by atoms with Gasteiger partial charge in [0.25, 0.3) is 0 Å². The summed E-state index contributed by atoms with van der Waals surface area (Å²) in [4.78, 5) is 10.2. The predicted octanol–water partition coefficient (Wildman–Crippen LogP) is 1.50. The Morgan fingerprint density at radius 1 is 1.50 bits per heavy atom. The molecule has 0 amide bonds. The maximum absolute atomic E-state index is 10.2. The molecule has 0 aliphatic heterocycles. The van der Waals surface area contributed by atoms with Crippen molar-refractivity contribution in [2.24, 2.45) is 0 Å². The maximum Gasteiger partial charge on any atom is 0.328 e. The molecule has 74 valence electrons. The van der Waals surface area contributed by atoms with Gasteiger partial charge >= 0.3 is 5.97 Å². The summed E-state index contributed by atoms with van der Waals surface area (Å²) in [6.07, 6.45) is 2.44. The van der Waals surface area contributed by atoms with E-state index < -0.39 is 5.97 Å². The van der Waals surface area contributed by atoms with Crippen LogP contribution in [-0.4, -0.2) is 23.3 Å². The molecule has 0 aliphatic carbocycles. The van der Waals surface area contributed by atoms with E-state index in [-0.39, 0.29) is 5.75 Å². The zero-order valence-electron chi connectivity index (χ0n) is 7.60. The van der Waals surface area contributed by atoms with Crippen LogP contribution in [0.5, 0.6) is 11.5 Å². The highest BCUT2D eigenvalue weighted by Crippen LogP contribution is 2.26. The van der Waals surface area contributed by atoms with E-state index in [2.05, 4.69) is 0 Å². The fourth-order valence-electron chi connectivity index (χ4n) is 0.965. The number of phenolic OH excluding ortho intramolecular Hbond substituents is 1. The van der Waals surface area contributed by atoms with Crippen molar-refractivity contribution in [2.45, 2.75) is 0 Å². The van der Waals surface area contributed by atoms with Crippen LogP contribution in [0.25, 0.3) is 6.08 Å². The fraction of sp³-hybridized carbons (Fsp3) is 0.100. The zero-order valence-corrected chi connectivity index (χ0v) is 7.60. The summed E-state index contributed by atoms with van der Waals surface area (Å²) in [7, 11) is 1.43. The highest BCUT2D eigenvalue weighted by molar-refractivity contribution is 5.85. The average Bonchev–Trinajstić information content (AvgIpc) is 2.16. The Bertz CT molecular complexity index is 368. The van der Waals surface area contributed by atoms with Crippen molar-refractivity contribution >= 4 is 12.0 Å². The molecule has 0 unspecified atom stereocenters. The SMILES string of the molecule is CO[13c]1[13cH][13c](/C=C/C(=O)O)ccc1O. The van der Waals surface area contributed by atoms with Gasteiger partial charge in [0.05, 0.1) is 7.11 Å². The highest BCUT2D eigenvalue weighted by atomic mass is 16.5. The van der Waals surface area contributed by atoms with Crippen LogP contribution in [0.4, 0.5) is 0 Å². The number of aliphatic carboxylic acids is 1. The van der Waals surface area contributed by atoms with Crippen molar-refractivity contribution in [1.29, 1.82) is 0 Å². The van der Waals surface area contributed by atoms with Crippen LogP contribution in [0.2, 0.25) is 0 Å². The number of phenols is 1. The first-order valence-electron chi connectivity index (χ1n) is 3.91. The Kier molecular flexibility index (Phi) is 3.12. The van der Waals surface area contributed by atoms with E-state index in [0.717, 1.165) is 6.08 Å². The summed E-state index contributed by atoms with van der Waals surface area (Å²) in [5, 5.41) is 17.6. The highest BCUT2D eigenvalue weighted by Gasteiger charge is 2.00. The van der Waals surface area contributed by atoms with E-state index in [9.17, 15) is 9.90 Å². The first kappa shape index (κ1) is 10.1. The number of hydrogen-bond donors (Lipinski definition) is 2. The van der Waals surface area contributed by atoms with Crippen molar-refractivity contribution in [3.63, 3.8) is 0 Å². The number of ether oxygens (including phenoxy) is 1. The first-order chi connectivity index (χ1) is 6.63. The molecule has 0 aromatic heterocycles. The van der Waals surface area contributed by atoms with E-state index in [1.807, 2.05) is 0 Å². The summed E-state index contributed by atoms with van der Waals surface area (Å²) in [6, 6.07) is 4.59. The zero-order chi connectivity index (χ0) is 10.6. The fourth-order valence-corrected chi connectivity index (χ4v) is 0.965. The van der Waals surface area contributed by atoms with Gasteiger partial charge in [0, 0.05) is 6.08 Å². The number of carbonyl (C=O) groups is 1. The number of rotatable bonds is 3. The molecule has 0 fully saturated rings. The van der Waals surface area contributed by atoms with Crippen molar-refractivity contribution in [3.05, 3.63) is 29.8 Å². The smallest absolute Gasteiger partial charge is 0.328 e. The molecule has 0 radical (unpaired) electrons. The van der Waals surface area contributed by atoms with E-state index in [0.29, 0.717) is 11.3 Å². The van der Waals surface area contributed by atoms with Crippen LogP contribution in [-0.2, 0) is 4.79 Å². The third-order valence-electron chi connectivity index (χ3n) is 1.62.